The molecule has 0 radical (unpaired) electrons. The normalized spacial score (nSPS) is 11.5. The van der Waals surface area contributed by atoms with Crippen molar-refractivity contribution in [3.05, 3.63) is 35.4 Å². The number of aromatic hydroxyl groups is 1. The van der Waals surface area contributed by atoms with Gasteiger partial charge in [0.2, 0.25) is 5.95 Å². The number of aromatic nitrogens is 4. The molecular weight excluding hydrogens is 378 g/mol. The number of nitrogen functional groups attached to an aromatic ring is 1. The molecule has 0 saturated heterocycles. The van der Waals surface area contributed by atoms with E-state index in [0.29, 0.717) is 23.7 Å². The molecule has 0 atom stereocenters. The van der Waals surface area contributed by atoms with E-state index in [0.717, 1.165) is 51.0 Å². The summed E-state index contributed by atoms with van der Waals surface area (Å²) in [6.45, 7) is 10.7. The lowest BCUT2D eigenvalue weighted by atomic mass is 10.1. The smallest absolute Gasteiger partial charge is 0.296 e. The van der Waals surface area contributed by atoms with E-state index in [2.05, 4.69) is 70.2 Å². The largest absolute Gasteiger partial charge is 0.480 e. The Bertz CT molecular complexity index is 948. The number of nitrogens with zero attached hydrogens (tertiary/aromatic N) is 5. The van der Waals surface area contributed by atoms with Crippen LogP contribution in [0.15, 0.2) is 24.3 Å². The average Bonchev–Trinajstić information content (AvgIpc) is 3.06. The monoisotopic (exact) mass is 411 g/mol. The van der Waals surface area contributed by atoms with E-state index in [1.165, 1.54) is 5.56 Å². The second kappa shape index (κ2) is 10.2. The number of nitrogens with one attached hydrogen (secondary N) is 1. The zero-order chi connectivity index (χ0) is 21.5. The van der Waals surface area contributed by atoms with Crippen LogP contribution in [0.25, 0.3) is 11.2 Å². The Labute approximate surface area is 178 Å². The van der Waals surface area contributed by atoms with Crippen molar-refractivity contribution in [3.63, 3.8) is 0 Å². The molecule has 0 aliphatic heterocycles. The summed E-state index contributed by atoms with van der Waals surface area (Å²) in [4.78, 5) is 15.4. The Balaban J connectivity index is 1.79. The van der Waals surface area contributed by atoms with Crippen LogP contribution in [0.3, 0.4) is 0 Å². The van der Waals surface area contributed by atoms with Crippen molar-refractivity contribution in [2.75, 3.05) is 30.7 Å². The Morgan fingerprint density at radius 3 is 2.37 bits per heavy atom. The molecule has 0 spiro atoms. The summed E-state index contributed by atoms with van der Waals surface area (Å²) in [7, 11) is 0. The first kappa shape index (κ1) is 21.8. The van der Waals surface area contributed by atoms with E-state index in [9.17, 15) is 5.11 Å². The highest BCUT2D eigenvalue weighted by atomic mass is 16.3. The van der Waals surface area contributed by atoms with Gasteiger partial charge < -0.3 is 16.2 Å². The van der Waals surface area contributed by atoms with Crippen molar-refractivity contribution in [3.8, 4) is 6.01 Å². The number of hydrogen-bond acceptors (Lipinski definition) is 7. The van der Waals surface area contributed by atoms with Gasteiger partial charge in [-0.15, -0.1) is 0 Å². The molecule has 0 aliphatic rings. The average molecular weight is 412 g/mol. The maximum atomic E-state index is 10.4. The number of rotatable bonds is 11. The quantitative estimate of drug-likeness (QED) is 0.414. The van der Waals surface area contributed by atoms with Gasteiger partial charge in [0, 0.05) is 13.1 Å². The van der Waals surface area contributed by atoms with E-state index in [1.54, 1.807) is 4.57 Å². The SMILES string of the molecule is CCCCCNc1nc(N)c2nc(O)n(Cc3ccc(CN(CC)CC)cc3)c2n1. The van der Waals surface area contributed by atoms with Crippen molar-refractivity contribution in [1.82, 2.24) is 24.4 Å². The minimum absolute atomic E-state index is 0.110. The molecule has 0 unspecified atom stereocenters. The van der Waals surface area contributed by atoms with Crippen LogP contribution in [-0.2, 0) is 13.1 Å². The van der Waals surface area contributed by atoms with Gasteiger partial charge in [-0.2, -0.15) is 15.0 Å². The Hall–Kier alpha value is -2.87. The van der Waals surface area contributed by atoms with Gasteiger partial charge in [0.1, 0.15) is 0 Å². The van der Waals surface area contributed by atoms with Crippen LogP contribution in [-0.4, -0.2) is 49.2 Å². The molecule has 0 fully saturated rings. The molecule has 30 heavy (non-hydrogen) atoms. The number of fused-ring (bicyclic) bond motifs is 1. The third-order valence-electron chi connectivity index (χ3n) is 5.33. The van der Waals surface area contributed by atoms with Crippen molar-refractivity contribution in [2.24, 2.45) is 0 Å². The van der Waals surface area contributed by atoms with Crippen molar-refractivity contribution in [2.45, 2.75) is 53.1 Å². The lowest BCUT2D eigenvalue weighted by Gasteiger charge is -2.18. The van der Waals surface area contributed by atoms with Crippen LogP contribution in [0, 0.1) is 0 Å². The molecule has 3 rings (SSSR count). The lowest BCUT2D eigenvalue weighted by molar-refractivity contribution is 0.296. The van der Waals surface area contributed by atoms with Gasteiger partial charge in [-0.05, 0) is 30.6 Å². The topological polar surface area (TPSA) is 105 Å². The van der Waals surface area contributed by atoms with E-state index >= 15 is 0 Å². The van der Waals surface area contributed by atoms with Gasteiger partial charge in [-0.3, -0.25) is 9.47 Å². The maximum absolute atomic E-state index is 10.4. The van der Waals surface area contributed by atoms with Crippen molar-refractivity contribution in [1.29, 1.82) is 0 Å². The minimum atomic E-state index is -0.110. The van der Waals surface area contributed by atoms with Gasteiger partial charge in [0.05, 0.1) is 6.54 Å². The van der Waals surface area contributed by atoms with Gasteiger partial charge in [0.15, 0.2) is 17.0 Å². The molecule has 2 aromatic heterocycles. The summed E-state index contributed by atoms with van der Waals surface area (Å²) in [6.07, 6.45) is 3.34. The molecule has 0 amide bonds. The standard InChI is InChI=1S/C22H33N7O/c1-4-7-8-13-24-21-26-19(23)18-20(27-21)29(22(30)25-18)15-17-11-9-16(10-12-17)14-28(5-2)6-3/h9-12H,4-8,13-15H2,1-3H3,(H,25,30)(H3,23,24,26,27). The molecule has 8 heteroatoms. The molecule has 8 nitrogen and oxygen atoms in total. The van der Waals surface area contributed by atoms with E-state index in [1.807, 2.05) is 0 Å². The summed E-state index contributed by atoms with van der Waals surface area (Å²) < 4.78 is 1.67. The molecule has 0 saturated carbocycles. The van der Waals surface area contributed by atoms with Gasteiger partial charge in [0.25, 0.3) is 6.01 Å². The first-order valence-electron chi connectivity index (χ1n) is 10.8. The second-order valence-electron chi connectivity index (χ2n) is 7.51. The summed E-state index contributed by atoms with van der Waals surface area (Å²) in [5, 5.41) is 13.6. The van der Waals surface area contributed by atoms with E-state index < -0.39 is 0 Å². The molecule has 2 heterocycles. The molecule has 0 bridgehead atoms. The van der Waals surface area contributed by atoms with Crippen LogP contribution in [0.2, 0.25) is 0 Å². The molecule has 4 N–H and O–H groups in total. The summed E-state index contributed by atoms with van der Waals surface area (Å²) in [6, 6.07) is 8.32. The van der Waals surface area contributed by atoms with E-state index in [4.69, 9.17) is 5.73 Å². The zero-order valence-electron chi connectivity index (χ0n) is 18.2. The summed E-state index contributed by atoms with van der Waals surface area (Å²) >= 11 is 0. The molecule has 162 valence electrons. The molecule has 0 aliphatic carbocycles. The van der Waals surface area contributed by atoms with Crippen LogP contribution in [0.4, 0.5) is 11.8 Å². The summed E-state index contributed by atoms with van der Waals surface area (Å²) in [5.41, 5.74) is 9.36. The fraction of sp³-hybridized carbons (Fsp3) is 0.500. The van der Waals surface area contributed by atoms with Crippen molar-refractivity contribution < 1.29 is 5.11 Å². The lowest BCUT2D eigenvalue weighted by Crippen LogP contribution is -2.22. The number of unbranched alkanes of at least 4 members (excludes halogenated alkanes) is 2. The Morgan fingerprint density at radius 2 is 1.70 bits per heavy atom. The molecular formula is C22H33N7O. The van der Waals surface area contributed by atoms with Crippen LogP contribution in [0.1, 0.15) is 51.2 Å². The van der Waals surface area contributed by atoms with Gasteiger partial charge >= 0.3 is 0 Å². The second-order valence-corrected chi connectivity index (χ2v) is 7.51. The fourth-order valence-corrected chi connectivity index (χ4v) is 3.45. The molecule has 3 aromatic rings. The van der Waals surface area contributed by atoms with E-state index in [-0.39, 0.29) is 11.8 Å². The first-order valence-corrected chi connectivity index (χ1v) is 10.8. The minimum Gasteiger partial charge on any atom is -0.480 e. The number of imidazole rings is 1. The fourth-order valence-electron chi connectivity index (χ4n) is 3.45. The van der Waals surface area contributed by atoms with Crippen LogP contribution >= 0.6 is 0 Å². The highest BCUT2D eigenvalue weighted by Crippen LogP contribution is 2.25. The number of benzene rings is 1. The Morgan fingerprint density at radius 1 is 1.00 bits per heavy atom. The number of nitrogens with two attached hydrogens (primary N) is 1. The predicted molar refractivity (Wildman–Crippen MR) is 122 cm³/mol. The Kier molecular flexibility index (Phi) is 7.46. The number of anilines is 2. The molecule has 1 aromatic carbocycles. The van der Waals surface area contributed by atoms with Crippen LogP contribution in [0.5, 0.6) is 6.01 Å². The van der Waals surface area contributed by atoms with Gasteiger partial charge in [-0.1, -0.05) is 57.9 Å². The first-order chi connectivity index (χ1) is 14.5. The summed E-state index contributed by atoms with van der Waals surface area (Å²) in [5.74, 6) is 0.730. The van der Waals surface area contributed by atoms with Gasteiger partial charge in [-0.25, -0.2) is 0 Å². The zero-order valence-corrected chi connectivity index (χ0v) is 18.2. The maximum Gasteiger partial charge on any atom is 0.296 e. The third-order valence-corrected chi connectivity index (χ3v) is 5.33. The predicted octanol–water partition coefficient (Wildman–Crippen LogP) is 3.61. The number of hydrogen-bond donors (Lipinski definition) is 3. The van der Waals surface area contributed by atoms with Crippen LogP contribution < -0.4 is 11.1 Å². The highest BCUT2D eigenvalue weighted by Gasteiger charge is 2.16. The highest BCUT2D eigenvalue weighted by molar-refractivity contribution is 5.84. The van der Waals surface area contributed by atoms with Crippen molar-refractivity contribution >= 4 is 22.9 Å². The third kappa shape index (κ3) is 5.18.